The van der Waals surface area contributed by atoms with E-state index < -0.39 is 47.6 Å². The average molecular weight is 728 g/mol. The zero-order valence-corrected chi connectivity index (χ0v) is 28.3. The van der Waals surface area contributed by atoms with Crippen molar-refractivity contribution in [1.82, 2.24) is 29.9 Å². The summed E-state index contributed by atoms with van der Waals surface area (Å²) in [4.78, 5) is 18.5. The normalized spacial score (nSPS) is 13.8. The lowest BCUT2D eigenvalue weighted by atomic mass is 9.93. The van der Waals surface area contributed by atoms with Gasteiger partial charge in [-0.25, -0.2) is 13.8 Å². The molecule has 1 aliphatic heterocycles. The predicted octanol–water partition coefficient (Wildman–Crippen LogP) is 5.66. The third kappa shape index (κ3) is 7.68. The number of aliphatic hydroxyl groups is 1. The number of alkyl halides is 3. The Labute approximate surface area is 293 Å². The minimum Gasteiger partial charge on any atom is -0.382 e. The van der Waals surface area contributed by atoms with E-state index in [1.54, 1.807) is 31.3 Å². The molecule has 0 fully saturated rings. The van der Waals surface area contributed by atoms with Crippen LogP contribution in [0.3, 0.4) is 0 Å². The average Bonchev–Trinajstić information content (AvgIpc) is 3.56. The van der Waals surface area contributed by atoms with Gasteiger partial charge in [0, 0.05) is 29.8 Å². The molecule has 0 saturated carbocycles. The Morgan fingerprint density at radius 2 is 1.82 bits per heavy atom. The zero-order valence-electron chi connectivity index (χ0n) is 27.5. The number of nitrogen functional groups attached to an aromatic ring is 1. The highest BCUT2D eigenvalue weighted by Crippen LogP contribution is 2.39. The molecule has 10 nitrogen and oxygen atoms in total. The number of nitrogens with zero attached hydrogens (tertiary/aromatic N) is 5. The second-order valence-corrected chi connectivity index (χ2v) is 13.0. The number of carbonyl (C=O) groups excluding carboxylic acids is 1. The van der Waals surface area contributed by atoms with Gasteiger partial charge in [0.15, 0.2) is 11.5 Å². The number of benzene rings is 2. The molecule has 0 radical (unpaired) electrons. The number of aryl methyl sites for hydroxylation is 1. The molecule has 0 spiro atoms. The van der Waals surface area contributed by atoms with Crippen LogP contribution >= 0.6 is 11.6 Å². The number of hydrogen-bond donors (Lipinski definition) is 3. The molecule has 5 aromatic rings. The summed E-state index contributed by atoms with van der Waals surface area (Å²) in [5.41, 5.74) is 5.77. The Morgan fingerprint density at radius 1 is 1.12 bits per heavy atom. The molecule has 3 aromatic heterocycles. The van der Waals surface area contributed by atoms with Crippen molar-refractivity contribution >= 4 is 34.2 Å². The second-order valence-electron chi connectivity index (χ2n) is 12.6. The van der Waals surface area contributed by atoms with E-state index in [0.717, 1.165) is 16.8 Å². The van der Waals surface area contributed by atoms with Gasteiger partial charge in [-0.15, -0.1) is 0 Å². The topological polar surface area (TPSA) is 133 Å². The first-order valence-electron chi connectivity index (χ1n) is 15.6. The molecule has 1 amide bonds. The van der Waals surface area contributed by atoms with E-state index in [1.807, 2.05) is 0 Å². The van der Waals surface area contributed by atoms with Crippen molar-refractivity contribution in [2.75, 3.05) is 12.3 Å². The summed E-state index contributed by atoms with van der Waals surface area (Å²) >= 11 is 6.50. The van der Waals surface area contributed by atoms with Crippen molar-refractivity contribution in [2.45, 2.75) is 57.7 Å². The summed E-state index contributed by atoms with van der Waals surface area (Å²) in [7, 11) is 1.66. The highest BCUT2D eigenvalue weighted by molar-refractivity contribution is 6.37. The van der Waals surface area contributed by atoms with Crippen LogP contribution in [0, 0.1) is 23.5 Å². The Balaban J connectivity index is 1.50. The second kappa shape index (κ2) is 13.6. The largest absolute Gasteiger partial charge is 0.435 e. The maximum absolute atomic E-state index is 14.4. The molecular weight excluding hydrogens is 697 g/mol. The summed E-state index contributed by atoms with van der Waals surface area (Å²) in [6.07, 6.45) is -4.99. The number of nitrogens with one attached hydrogen (secondary N) is 1. The fraction of sp³-hybridized carbons (Fsp3) is 0.314. The number of fused-ring (bicyclic) bond motifs is 2. The standard InChI is InChI=1S/C35H31ClF5N7O3/c1-34(2,50)10-8-21-4-5-22(23-6-7-25(36)29-31(23)47(3)46-33(29)42)30(43-21)26(14-18-12-19(37)15-20(38)13-18)44-28(49)16-48-27-17-51-11-9-24(27)32(45-48)35(39,40)41/h4-7,12-13,15,26,50H,9,11,14,16-17H2,1-3H3,(H2,42,46)(H,44,49)/t26-/m0/s1. The lowest BCUT2D eigenvalue weighted by Gasteiger charge is -2.23. The number of ether oxygens (including phenoxy) is 1. The predicted molar refractivity (Wildman–Crippen MR) is 178 cm³/mol. The van der Waals surface area contributed by atoms with Crippen molar-refractivity contribution in [1.29, 1.82) is 0 Å². The number of halogens is 6. The molecule has 51 heavy (non-hydrogen) atoms. The van der Waals surface area contributed by atoms with Crippen molar-refractivity contribution in [3.8, 4) is 23.0 Å². The monoisotopic (exact) mass is 727 g/mol. The van der Waals surface area contributed by atoms with Gasteiger partial charge in [-0.2, -0.15) is 23.4 Å². The number of pyridine rings is 1. The van der Waals surface area contributed by atoms with E-state index in [0.29, 0.717) is 33.1 Å². The van der Waals surface area contributed by atoms with Gasteiger partial charge in [-0.3, -0.25) is 14.2 Å². The van der Waals surface area contributed by atoms with Crippen molar-refractivity contribution in [3.05, 3.63) is 93.0 Å². The number of amides is 1. The van der Waals surface area contributed by atoms with Gasteiger partial charge in [0.25, 0.3) is 0 Å². The highest BCUT2D eigenvalue weighted by Gasteiger charge is 2.40. The molecule has 0 aliphatic carbocycles. The summed E-state index contributed by atoms with van der Waals surface area (Å²) in [5, 5.41) is 21.9. The summed E-state index contributed by atoms with van der Waals surface area (Å²) < 4.78 is 78.3. The van der Waals surface area contributed by atoms with Crippen LogP contribution in [-0.4, -0.2) is 47.8 Å². The molecule has 6 rings (SSSR count). The lowest BCUT2D eigenvalue weighted by Crippen LogP contribution is -2.34. The molecule has 4 heterocycles. The fourth-order valence-corrected chi connectivity index (χ4v) is 6.35. The maximum Gasteiger partial charge on any atom is 0.435 e. The number of rotatable bonds is 7. The number of hydrogen-bond acceptors (Lipinski definition) is 7. The van der Waals surface area contributed by atoms with E-state index in [1.165, 1.54) is 18.5 Å². The third-order valence-corrected chi connectivity index (χ3v) is 8.48. The molecule has 16 heteroatoms. The Hall–Kier alpha value is -5.04. The summed E-state index contributed by atoms with van der Waals surface area (Å²) in [5.74, 6) is 3.16. The fourth-order valence-electron chi connectivity index (χ4n) is 6.10. The molecule has 2 aromatic carbocycles. The van der Waals surface area contributed by atoms with E-state index in [2.05, 4.69) is 27.4 Å². The molecule has 4 N–H and O–H groups in total. The molecule has 0 saturated heterocycles. The SMILES string of the molecule is Cn1nc(N)c2c(Cl)ccc(-c3ccc(C#CC(C)(C)O)nc3[C@H](Cc3cc(F)cc(F)c3)NC(=O)Cn3nc(C(F)(F)F)c4c3COCC4)c21. The minimum absolute atomic E-state index is 0.0284. The quantitative estimate of drug-likeness (QED) is 0.146. The van der Waals surface area contributed by atoms with Crippen LogP contribution in [0.2, 0.25) is 5.02 Å². The van der Waals surface area contributed by atoms with Crippen LogP contribution in [-0.2, 0) is 48.7 Å². The minimum atomic E-state index is -4.75. The smallest absolute Gasteiger partial charge is 0.382 e. The number of carbonyl (C=O) groups is 1. The van der Waals surface area contributed by atoms with E-state index in [-0.39, 0.29) is 60.1 Å². The van der Waals surface area contributed by atoms with Crippen LogP contribution < -0.4 is 11.1 Å². The van der Waals surface area contributed by atoms with Gasteiger partial charge in [0.05, 0.1) is 46.6 Å². The summed E-state index contributed by atoms with van der Waals surface area (Å²) in [6.45, 7) is 2.23. The molecular formula is C35H31ClF5N7O3. The van der Waals surface area contributed by atoms with Gasteiger partial charge in [-0.05, 0) is 68.5 Å². The van der Waals surface area contributed by atoms with E-state index >= 15 is 0 Å². The Morgan fingerprint density at radius 3 is 2.51 bits per heavy atom. The van der Waals surface area contributed by atoms with Crippen LogP contribution in [0.1, 0.15) is 53.8 Å². The maximum atomic E-state index is 14.4. The molecule has 0 unspecified atom stereocenters. The summed E-state index contributed by atoms with van der Waals surface area (Å²) in [6, 6.07) is 8.32. The number of aromatic nitrogens is 5. The zero-order chi connectivity index (χ0) is 36.8. The molecule has 0 bridgehead atoms. The van der Waals surface area contributed by atoms with Crippen molar-refractivity contribution < 1.29 is 36.6 Å². The van der Waals surface area contributed by atoms with Crippen LogP contribution in [0.25, 0.3) is 22.0 Å². The van der Waals surface area contributed by atoms with E-state index in [9.17, 15) is 31.9 Å². The molecule has 1 aliphatic rings. The third-order valence-electron chi connectivity index (χ3n) is 8.17. The molecule has 266 valence electrons. The van der Waals surface area contributed by atoms with Gasteiger partial charge < -0.3 is 20.9 Å². The van der Waals surface area contributed by atoms with E-state index in [4.69, 9.17) is 27.1 Å². The van der Waals surface area contributed by atoms with Gasteiger partial charge in [0.2, 0.25) is 5.91 Å². The van der Waals surface area contributed by atoms with Crippen molar-refractivity contribution in [3.63, 3.8) is 0 Å². The van der Waals surface area contributed by atoms with Gasteiger partial charge in [-0.1, -0.05) is 23.6 Å². The highest BCUT2D eigenvalue weighted by atomic mass is 35.5. The number of nitrogens with two attached hydrogens (primary N) is 1. The first-order chi connectivity index (χ1) is 24.0. The van der Waals surface area contributed by atoms with Crippen molar-refractivity contribution in [2.24, 2.45) is 7.05 Å². The Bertz CT molecular complexity index is 2210. The van der Waals surface area contributed by atoms with Crippen LogP contribution in [0.4, 0.5) is 27.8 Å². The van der Waals surface area contributed by atoms with Crippen LogP contribution in [0.15, 0.2) is 42.5 Å². The van der Waals surface area contributed by atoms with Gasteiger partial charge >= 0.3 is 6.18 Å². The number of anilines is 1. The van der Waals surface area contributed by atoms with Crippen LogP contribution in [0.5, 0.6) is 0 Å². The van der Waals surface area contributed by atoms with Gasteiger partial charge in [0.1, 0.15) is 29.5 Å². The Kier molecular flexibility index (Phi) is 9.53. The molecule has 1 atom stereocenters. The lowest BCUT2D eigenvalue weighted by molar-refractivity contribution is -0.142. The first kappa shape index (κ1) is 35.8. The first-order valence-corrected chi connectivity index (χ1v) is 16.0.